The highest BCUT2D eigenvalue weighted by Gasteiger charge is 2.50. The number of ether oxygens (including phenoxy) is 1. The number of benzene rings is 2. The molecule has 0 aromatic heterocycles. The summed E-state index contributed by atoms with van der Waals surface area (Å²) in [6, 6.07) is 21.1. The van der Waals surface area contributed by atoms with Crippen LogP contribution >= 0.6 is 0 Å². The van der Waals surface area contributed by atoms with Crippen molar-refractivity contribution >= 4 is 24.7 Å². The highest BCUT2D eigenvalue weighted by atomic mass is 28.4. The van der Waals surface area contributed by atoms with Crippen LogP contribution in [0.4, 0.5) is 0 Å². The van der Waals surface area contributed by atoms with Crippen LogP contribution in [-0.4, -0.2) is 27.0 Å². The predicted octanol–water partition coefficient (Wildman–Crippen LogP) is 9.39. The fourth-order valence-corrected chi connectivity index (χ4v) is 12.5. The molecule has 0 saturated heterocycles. The number of carbonyl (C=O) groups is 1. The molecule has 43 heavy (non-hydrogen) atoms. The van der Waals surface area contributed by atoms with Gasteiger partial charge in [0.1, 0.15) is 6.10 Å². The normalized spacial score (nSPS) is 23.1. The molecule has 0 unspecified atom stereocenters. The van der Waals surface area contributed by atoms with Gasteiger partial charge in [-0.15, -0.1) is 0 Å². The molecule has 0 bridgehead atoms. The first-order chi connectivity index (χ1) is 20.7. The van der Waals surface area contributed by atoms with E-state index in [1.807, 2.05) is 12.1 Å². The average molecular weight is 603 g/mol. The van der Waals surface area contributed by atoms with Crippen molar-refractivity contribution in [2.45, 2.75) is 129 Å². The number of unbranched alkanes of at least 4 members (excludes halogenated alkanes) is 4. The quantitative estimate of drug-likeness (QED) is 0.0935. The Kier molecular flexibility index (Phi) is 12.7. The lowest BCUT2D eigenvalue weighted by atomic mass is 9.70. The van der Waals surface area contributed by atoms with Gasteiger partial charge in [-0.25, -0.2) is 4.79 Å². The Balaban J connectivity index is 1.26. The third-order valence-corrected chi connectivity index (χ3v) is 15.4. The third kappa shape index (κ3) is 8.94. The average Bonchev–Trinajstić information content (AvgIpc) is 3.02. The van der Waals surface area contributed by atoms with Crippen molar-refractivity contribution in [3.63, 3.8) is 0 Å². The second-order valence-corrected chi connectivity index (χ2v) is 18.8. The van der Waals surface area contributed by atoms with Gasteiger partial charge in [-0.1, -0.05) is 146 Å². The van der Waals surface area contributed by atoms with Crippen LogP contribution in [0.3, 0.4) is 0 Å². The second-order valence-electron chi connectivity index (χ2n) is 14.5. The molecular formula is C39H58O3Si. The fourth-order valence-electron chi connectivity index (χ4n) is 7.91. The number of hydrogen-bond donors (Lipinski definition) is 0. The van der Waals surface area contributed by atoms with Gasteiger partial charge in [-0.3, -0.25) is 0 Å². The van der Waals surface area contributed by atoms with E-state index < -0.39 is 8.32 Å². The zero-order valence-electron chi connectivity index (χ0n) is 27.6. The van der Waals surface area contributed by atoms with E-state index >= 15 is 0 Å². The first-order valence-electron chi connectivity index (χ1n) is 17.4. The summed E-state index contributed by atoms with van der Waals surface area (Å²) in [6.07, 6.45) is 18.5. The maximum atomic E-state index is 13.2. The lowest BCUT2D eigenvalue weighted by Crippen LogP contribution is -2.66. The molecule has 0 aliphatic heterocycles. The van der Waals surface area contributed by atoms with Gasteiger partial charge in [0.25, 0.3) is 8.32 Å². The summed E-state index contributed by atoms with van der Waals surface area (Å²) in [4.78, 5) is 13.2. The Bertz CT molecular complexity index is 1070. The van der Waals surface area contributed by atoms with E-state index in [1.54, 1.807) is 0 Å². The smallest absolute Gasteiger partial charge is 0.335 e. The van der Waals surface area contributed by atoms with E-state index in [4.69, 9.17) is 9.16 Å². The standard InChI is InChI=1S/C39H58O3Si/c1-6-7-8-9-12-17-32-22-24-33(25-23-32)34-26-28-35(29-27-34)42-38(40)31(2)30-41-43(39(3,4)5,36-18-13-10-14-19-36)37-20-15-11-16-21-37/h10-11,13-16,18-21,32-35H,2,6-9,12,17,22-30H2,1,3-5H3. The van der Waals surface area contributed by atoms with Crippen LogP contribution in [0.2, 0.25) is 5.04 Å². The van der Waals surface area contributed by atoms with Crippen LogP contribution in [-0.2, 0) is 14.0 Å². The minimum Gasteiger partial charge on any atom is -0.459 e. The van der Waals surface area contributed by atoms with Crippen molar-refractivity contribution in [1.29, 1.82) is 0 Å². The summed E-state index contributed by atoms with van der Waals surface area (Å²) in [6.45, 7) is 13.4. The largest absolute Gasteiger partial charge is 0.459 e. The zero-order chi connectivity index (χ0) is 30.7. The molecule has 4 rings (SSSR count). The van der Waals surface area contributed by atoms with E-state index in [9.17, 15) is 4.79 Å². The Morgan fingerprint density at radius 1 is 0.767 bits per heavy atom. The minimum atomic E-state index is -2.73. The van der Waals surface area contributed by atoms with Crippen molar-refractivity contribution < 1.29 is 14.0 Å². The first-order valence-corrected chi connectivity index (χ1v) is 19.3. The Hall–Kier alpha value is -2.17. The van der Waals surface area contributed by atoms with Crippen molar-refractivity contribution in [3.8, 4) is 0 Å². The van der Waals surface area contributed by atoms with Gasteiger partial charge in [0.05, 0.1) is 12.2 Å². The Morgan fingerprint density at radius 3 is 1.79 bits per heavy atom. The summed E-state index contributed by atoms with van der Waals surface area (Å²) in [7, 11) is -2.73. The molecule has 0 amide bonds. The summed E-state index contributed by atoms with van der Waals surface area (Å²) >= 11 is 0. The molecule has 2 aromatic carbocycles. The van der Waals surface area contributed by atoms with Gasteiger partial charge in [0.15, 0.2) is 0 Å². The molecule has 0 radical (unpaired) electrons. The molecule has 2 aliphatic rings. The van der Waals surface area contributed by atoms with Crippen LogP contribution in [0.15, 0.2) is 72.8 Å². The van der Waals surface area contributed by atoms with Crippen molar-refractivity contribution in [1.82, 2.24) is 0 Å². The van der Waals surface area contributed by atoms with Gasteiger partial charge in [-0.2, -0.15) is 0 Å². The topological polar surface area (TPSA) is 35.5 Å². The van der Waals surface area contributed by atoms with Gasteiger partial charge < -0.3 is 9.16 Å². The van der Waals surface area contributed by atoms with Crippen LogP contribution in [0.5, 0.6) is 0 Å². The molecule has 2 aliphatic carbocycles. The minimum absolute atomic E-state index is 0.00725. The summed E-state index contributed by atoms with van der Waals surface area (Å²) in [5.41, 5.74) is 0.420. The lowest BCUT2D eigenvalue weighted by Gasteiger charge is -2.43. The van der Waals surface area contributed by atoms with E-state index in [1.165, 1.54) is 87.4 Å². The molecule has 0 N–H and O–H groups in total. The number of esters is 1. The molecule has 0 atom stereocenters. The van der Waals surface area contributed by atoms with Crippen molar-refractivity contribution in [2.75, 3.05) is 6.61 Å². The van der Waals surface area contributed by atoms with Gasteiger partial charge >= 0.3 is 5.97 Å². The fraction of sp³-hybridized carbons (Fsp3) is 0.615. The van der Waals surface area contributed by atoms with Crippen molar-refractivity contribution in [3.05, 3.63) is 72.8 Å². The van der Waals surface area contributed by atoms with Crippen LogP contribution in [0.1, 0.15) is 118 Å². The SMILES string of the molecule is C=C(CO[Si](c1ccccc1)(c1ccccc1)C(C)(C)C)C(=O)OC1CCC(C2CCC(CCCCCCC)CC2)CC1. The summed E-state index contributed by atoms with van der Waals surface area (Å²) < 4.78 is 13.0. The second kappa shape index (κ2) is 16.2. The van der Waals surface area contributed by atoms with Gasteiger partial charge in [-0.05, 0) is 71.7 Å². The number of carbonyl (C=O) groups excluding carboxylic acids is 1. The first kappa shape index (κ1) is 33.7. The maximum absolute atomic E-state index is 13.2. The summed E-state index contributed by atoms with van der Waals surface area (Å²) in [5, 5.41) is 2.26. The molecular weight excluding hydrogens is 545 g/mol. The molecule has 0 spiro atoms. The zero-order valence-corrected chi connectivity index (χ0v) is 28.6. The Morgan fingerprint density at radius 2 is 1.28 bits per heavy atom. The van der Waals surface area contributed by atoms with Crippen LogP contribution in [0, 0.1) is 17.8 Å². The molecule has 2 aromatic rings. The predicted molar refractivity (Wildman–Crippen MR) is 183 cm³/mol. The van der Waals surface area contributed by atoms with Gasteiger partial charge in [0.2, 0.25) is 0 Å². The highest BCUT2D eigenvalue weighted by molar-refractivity contribution is 6.99. The number of rotatable bonds is 14. The molecule has 3 nitrogen and oxygen atoms in total. The lowest BCUT2D eigenvalue weighted by molar-refractivity contribution is -0.146. The Labute approximate surface area is 264 Å². The monoisotopic (exact) mass is 602 g/mol. The van der Waals surface area contributed by atoms with Crippen LogP contribution < -0.4 is 10.4 Å². The van der Waals surface area contributed by atoms with Gasteiger partial charge in [0, 0.05) is 0 Å². The van der Waals surface area contributed by atoms with E-state index in [0.717, 1.165) is 30.6 Å². The molecule has 2 fully saturated rings. The molecule has 236 valence electrons. The molecule has 4 heteroatoms. The van der Waals surface area contributed by atoms with E-state index in [0.29, 0.717) is 5.57 Å². The number of hydrogen-bond acceptors (Lipinski definition) is 3. The van der Waals surface area contributed by atoms with E-state index in [2.05, 4.69) is 82.8 Å². The summed E-state index contributed by atoms with van der Waals surface area (Å²) in [5.74, 6) is 2.36. The third-order valence-electron chi connectivity index (χ3n) is 10.4. The maximum Gasteiger partial charge on any atom is 0.335 e. The molecule has 2 saturated carbocycles. The van der Waals surface area contributed by atoms with Crippen molar-refractivity contribution in [2.24, 2.45) is 17.8 Å². The highest BCUT2D eigenvalue weighted by Crippen LogP contribution is 2.42. The van der Waals surface area contributed by atoms with Crippen LogP contribution in [0.25, 0.3) is 0 Å². The van der Waals surface area contributed by atoms with E-state index in [-0.39, 0.29) is 23.7 Å². The molecule has 0 heterocycles.